The molecule has 2 heterocycles. The molecule has 0 N–H and O–H groups in total. The lowest BCUT2D eigenvalue weighted by Gasteiger charge is -2.09. The van der Waals surface area contributed by atoms with Crippen molar-refractivity contribution < 1.29 is 25.8 Å². The van der Waals surface area contributed by atoms with Crippen LogP contribution in [0, 0.1) is 0 Å². The van der Waals surface area contributed by atoms with Crippen LogP contribution in [0.1, 0.15) is 0 Å². The lowest BCUT2D eigenvalue weighted by atomic mass is 10.3. The van der Waals surface area contributed by atoms with Crippen LogP contribution in [0.4, 0.5) is 13.2 Å². The summed E-state index contributed by atoms with van der Waals surface area (Å²) in [5.74, 6) is -0.690. The number of hydrogen-bond donors (Lipinski definition) is 0. The van der Waals surface area contributed by atoms with Crippen molar-refractivity contribution in [2.45, 2.75) is 5.51 Å². The zero-order valence-electron chi connectivity index (χ0n) is 8.85. The molecule has 0 saturated heterocycles. The normalized spacial score (nSPS) is 12.6. The van der Waals surface area contributed by atoms with Crippen LogP contribution in [-0.4, -0.2) is 23.9 Å². The van der Waals surface area contributed by atoms with Crippen LogP contribution in [0.15, 0.2) is 29.0 Å². The van der Waals surface area contributed by atoms with E-state index in [1.54, 1.807) is 0 Å². The van der Waals surface area contributed by atoms with Gasteiger partial charge in [-0.3, -0.25) is 4.98 Å². The molecule has 2 aromatic rings. The first-order valence-corrected chi connectivity index (χ1v) is 6.83. The molecule has 0 amide bonds. The van der Waals surface area contributed by atoms with Crippen molar-refractivity contribution >= 4 is 37.0 Å². The summed E-state index contributed by atoms with van der Waals surface area (Å²) in [6.07, 6.45) is 1.46. The fraction of sp³-hybridized carbons (Fsp3) is 0.111. The average Bonchev–Trinajstić information content (AvgIpc) is 2.27. The Morgan fingerprint density at radius 2 is 2.00 bits per heavy atom. The summed E-state index contributed by atoms with van der Waals surface area (Å²) in [7, 11) is -5.74. The summed E-state index contributed by atoms with van der Waals surface area (Å²) < 4.78 is 62.2. The van der Waals surface area contributed by atoms with Gasteiger partial charge in [-0.25, -0.2) is 4.98 Å². The molecule has 0 radical (unpaired) electrons. The third-order valence-corrected chi connectivity index (χ3v) is 3.51. The van der Waals surface area contributed by atoms with Gasteiger partial charge in [-0.1, -0.05) is 6.07 Å². The molecule has 0 aliphatic carbocycles. The molecule has 0 spiro atoms. The monoisotopic (exact) mass is 356 g/mol. The molecule has 0 atom stereocenters. The minimum Gasteiger partial charge on any atom is -0.355 e. The van der Waals surface area contributed by atoms with Crippen molar-refractivity contribution in [3.8, 4) is 5.88 Å². The average molecular weight is 357 g/mol. The molecule has 0 aromatic carbocycles. The largest absolute Gasteiger partial charge is 0.534 e. The molecule has 10 heteroatoms. The smallest absolute Gasteiger partial charge is 0.355 e. The van der Waals surface area contributed by atoms with Gasteiger partial charge in [-0.2, -0.15) is 21.6 Å². The number of pyridine rings is 2. The van der Waals surface area contributed by atoms with E-state index in [0.29, 0.717) is 10.9 Å². The van der Waals surface area contributed by atoms with Gasteiger partial charge in [0.05, 0.1) is 0 Å². The maximum Gasteiger partial charge on any atom is 0.534 e. The predicted octanol–water partition coefficient (Wildman–Crippen LogP) is 2.62. The van der Waals surface area contributed by atoms with Crippen molar-refractivity contribution in [3.05, 3.63) is 29.0 Å². The molecular weight excluding hydrogens is 353 g/mol. The Morgan fingerprint density at radius 3 is 2.63 bits per heavy atom. The first-order chi connectivity index (χ1) is 8.71. The molecule has 2 aromatic heterocycles. The van der Waals surface area contributed by atoms with E-state index in [1.165, 1.54) is 18.3 Å². The third-order valence-electron chi connectivity index (χ3n) is 2.00. The number of nitrogens with zero attached hydrogens (tertiary/aromatic N) is 2. The van der Waals surface area contributed by atoms with Crippen molar-refractivity contribution in [1.29, 1.82) is 0 Å². The summed E-state index contributed by atoms with van der Waals surface area (Å²) in [6, 6.07) is 4.12. The highest BCUT2D eigenvalue weighted by Gasteiger charge is 2.48. The maximum atomic E-state index is 12.2. The van der Waals surface area contributed by atoms with E-state index in [1.807, 2.05) is 0 Å². The summed E-state index contributed by atoms with van der Waals surface area (Å²) >= 11 is 2.98. The Balaban J connectivity index is 2.48. The Morgan fingerprint density at radius 1 is 1.32 bits per heavy atom. The molecule has 0 aliphatic heterocycles. The topological polar surface area (TPSA) is 69.2 Å². The first kappa shape index (κ1) is 14.0. The lowest BCUT2D eigenvalue weighted by Crippen LogP contribution is -2.28. The Kier molecular flexibility index (Phi) is 3.39. The lowest BCUT2D eigenvalue weighted by molar-refractivity contribution is -0.0501. The molecule has 0 saturated carbocycles. The number of aromatic nitrogens is 2. The van der Waals surface area contributed by atoms with Crippen LogP contribution in [-0.2, 0) is 10.1 Å². The second-order valence-electron chi connectivity index (χ2n) is 3.31. The first-order valence-electron chi connectivity index (χ1n) is 4.63. The van der Waals surface area contributed by atoms with E-state index >= 15 is 0 Å². The zero-order chi connectivity index (χ0) is 14.3. The Hall–Kier alpha value is -1.42. The summed E-state index contributed by atoms with van der Waals surface area (Å²) in [6.45, 7) is 0. The number of hydrogen-bond acceptors (Lipinski definition) is 5. The van der Waals surface area contributed by atoms with Gasteiger partial charge in [0.25, 0.3) is 0 Å². The van der Waals surface area contributed by atoms with Crippen LogP contribution in [0.25, 0.3) is 10.9 Å². The Bertz CT molecular complexity index is 733. The van der Waals surface area contributed by atoms with E-state index in [2.05, 4.69) is 30.1 Å². The van der Waals surface area contributed by atoms with Gasteiger partial charge in [0.1, 0.15) is 10.1 Å². The van der Waals surface area contributed by atoms with Crippen LogP contribution >= 0.6 is 15.9 Å². The highest BCUT2D eigenvalue weighted by molar-refractivity contribution is 9.10. The van der Waals surface area contributed by atoms with Gasteiger partial charge in [0, 0.05) is 17.6 Å². The number of halogens is 4. The number of fused-ring (bicyclic) bond motifs is 1. The van der Waals surface area contributed by atoms with E-state index in [4.69, 9.17) is 0 Å². The summed E-state index contributed by atoms with van der Waals surface area (Å²) in [5.41, 5.74) is -5.13. The van der Waals surface area contributed by atoms with Crippen LogP contribution in [0.3, 0.4) is 0 Å². The molecule has 0 bridgehead atoms. The molecule has 5 nitrogen and oxygen atoms in total. The van der Waals surface area contributed by atoms with Gasteiger partial charge in [0.2, 0.25) is 5.88 Å². The molecule has 102 valence electrons. The second-order valence-corrected chi connectivity index (χ2v) is 5.60. The van der Waals surface area contributed by atoms with Crippen molar-refractivity contribution in [1.82, 2.24) is 9.97 Å². The van der Waals surface area contributed by atoms with Gasteiger partial charge in [-0.15, -0.1) is 0 Å². The molecular formula is C9H4BrF3N2O3S. The van der Waals surface area contributed by atoms with Crippen LogP contribution in [0.5, 0.6) is 5.88 Å². The van der Waals surface area contributed by atoms with Crippen LogP contribution < -0.4 is 4.18 Å². The quantitative estimate of drug-likeness (QED) is 0.470. The fourth-order valence-electron chi connectivity index (χ4n) is 1.22. The molecule has 19 heavy (non-hydrogen) atoms. The van der Waals surface area contributed by atoms with E-state index in [-0.39, 0.29) is 4.60 Å². The number of rotatable bonds is 2. The van der Waals surface area contributed by atoms with E-state index in [9.17, 15) is 21.6 Å². The van der Waals surface area contributed by atoms with Crippen molar-refractivity contribution in [2.24, 2.45) is 0 Å². The summed E-state index contributed by atoms with van der Waals surface area (Å²) in [4.78, 5) is 7.48. The molecule has 0 aliphatic rings. The zero-order valence-corrected chi connectivity index (χ0v) is 11.3. The van der Waals surface area contributed by atoms with E-state index in [0.717, 1.165) is 6.07 Å². The highest BCUT2D eigenvalue weighted by Crippen LogP contribution is 2.29. The van der Waals surface area contributed by atoms with Crippen LogP contribution in [0.2, 0.25) is 0 Å². The minimum absolute atomic E-state index is 0.0815. The van der Waals surface area contributed by atoms with Gasteiger partial charge in [0.15, 0.2) is 0 Å². The minimum atomic E-state index is -5.74. The fourth-order valence-corrected chi connectivity index (χ4v) is 2.13. The molecule has 0 fully saturated rings. The second kappa shape index (κ2) is 4.60. The van der Waals surface area contributed by atoms with Crippen molar-refractivity contribution in [3.63, 3.8) is 0 Å². The molecule has 2 rings (SSSR count). The third kappa shape index (κ3) is 2.78. The van der Waals surface area contributed by atoms with Gasteiger partial charge in [-0.05, 0) is 22.0 Å². The predicted molar refractivity (Wildman–Crippen MR) is 62.8 cm³/mol. The Labute approximate surface area is 113 Å². The standard InChI is InChI=1S/C9H4BrF3N2O3S/c10-8-7-5(2-1-3-14-7)4-6(15-8)18-19(16,17)9(11,12)13/h1-4H. The van der Waals surface area contributed by atoms with E-state index < -0.39 is 21.5 Å². The van der Waals surface area contributed by atoms with Gasteiger partial charge >= 0.3 is 15.6 Å². The molecule has 0 unspecified atom stereocenters. The highest BCUT2D eigenvalue weighted by atomic mass is 79.9. The maximum absolute atomic E-state index is 12.2. The van der Waals surface area contributed by atoms with Crippen molar-refractivity contribution in [2.75, 3.05) is 0 Å². The number of alkyl halides is 3. The SMILES string of the molecule is O=S(=O)(Oc1cc2cccnc2c(Br)n1)C(F)(F)F. The summed E-state index contributed by atoms with van der Waals surface area (Å²) in [5, 5.41) is 0.386. The van der Waals surface area contributed by atoms with Gasteiger partial charge < -0.3 is 4.18 Å².